The van der Waals surface area contributed by atoms with E-state index in [2.05, 4.69) is 15.3 Å². The van der Waals surface area contributed by atoms with Gasteiger partial charge in [0.05, 0.1) is 0 Å². The van der Waals surface area contributed by atoms with Crippen LogP contribution in [-0.2, 0) is 0 Å². The predicted molar refractivity (Wildman–Crippen MR) is 23.7 cm³/mol. The molecule has 0 bridgehead atoms. The average molecular weight is 225 g/mol. The second kappa shape index (κ2) is 2.43. The van der Waals surface area contributed by atoms with Gasteiger partial charge in [-0.3, -0.25) is 0 Å². The summed E-state index contributed by atoms with van der Waals surface area (Å²) in [5.41, 5.74) is 0.945. The molecule has 0 aliphatic carbocycles. The van der Waals surface area contributed by atoms with Crippen molar-refractivity contribution in [1.82, 2.24) is 10.4 Å². The number of hydrogen-bond donors (Lipinski definition) is 0. The SMILES string of the molecule is C[I-]c1onnc1C. The van der Waals surface area contributed by atoms with Crippen LogP contribution in [0.15, 0.2) is 4.52 Å². The van der Waals surface area contributed by atoms with Crippen molar-refractivity contribution < 1.29 is 25.7 Å². The maximum atomic E-state index is 4.80. The van der Waals surface area contributed by atoms with E-state index in [4.69, 9.17) is 4.52 Å². The van der Waals surface area contributed by atoms with Crippen molar-refractivity contribution in [2.75, 3.05) is 4.93 Å². The third kappa shape index (κ3) is 0.988. The van der Waals surface area contributed by atoms with Crippen LogP contribution >= 0.6 is 0 Å². The second-order valence-corrected chi connectivity index (χ2v) is 3.38. The molecule has 0 fully saturated rings. The molecule has 3 nitrogen and oxygen atoms in total. The monoisotopic (exact) mass is 225 g/mol. The van der Waals surface area contributed by atoms with Crippen molar-refractivity contribution in [3.8, 4) is 0 Å². The molecule has 0 N–H and O–H groups in total. The first kappa shape index (κ1) is 6.00. The van der Waals surface area contributed by atoms with Gasteiger partial charge in [0.1, 0.15) is 0 Å². The van der Waals surface area contributed by atoms with Crippen LogP contribution in [0.1, 0.15) is 5.69 Å². The van der Waals surface area contributed by atoms with Crippen molar-refractivity contribution >= 4 is 0 Å². The predicted octanol–water partition coefficient (Wildman–Crippen LogP) is -2.73. The molecule has 46 valence electrons. The van der Waals surface area contributed by atoms with E-state index in [1.54, 1.807) is 0 Å². The van der Waals surface area contributed by atoms with E-state index in [0.717, 1.165) is 9.46 Å². The van der Waals surface area contributed by atoms with E-state index < -0.39 is 0 Å². The molecule has 0 aliphatic rings. The normalized spacial score (nSPS) is 10.2. The van der Waals surface area contributed by atoms with E-state index in [1.807, 2.05) is 6.92 Å². The summed E-state index contributed by atoms with van der Waals surface area (Å²) in [6.45, 7) is 1.91. The third-order valence-electron chi connectivity index (χ3n) is 0.768. The fraction of sp³-hybridized carbons (Fsp3) is 0.500. The van der Waals surface area contributed by atoms with Gasteiger partial charge < -0.3 is 0 Å². The molecular weight excluding hydrogens is 219 g/mol. The zero-order valence-electron chi connectivity index (χ0n) is 4.68. The Balaban J connectivity index is 2.92. The fourth-order valence-corrected chi connectivity index (χ4v) is 1.57. The Labute approximate surface area is 57.7 Å². The molecule has 0 radical (unpaired) electrons. The number of hydrogen-bond acceptors (Lipinski definition) is 3. The van der Waals surface area contributed by atoms with Gasteiger partial charge in [0.2, 0.25) is 0 Å². The zero-order chi connectivity index (χ0) is 5.98. The summed E-state index contributed by atoms with van der Waals surface area (Å²) >= 11 is 0.0336. The summed E-state index contributed by atoms with van der Waals surface area (Å²) in [4.78, 5) is 2.12. The molecule has 0 aliphatic heterocycles. The van der Waals surface area contributed by atoms with Crippen molar-refractivity contribution in [3.63, 3.8) is 0 Å². The summed E-state index contributed by atoms with van der Waals surface area (Å²) < 4.78 is 5.79. The Morgan fingerprint density at radius 3 is 2.62 bits per heavy atom. The standard InChI is InChI=1S/C4H6IN2O/c1-3-4(5-2)8-7-6-3/h1-2H3/q-1. The van der Waals surface area contributed by atoms with Gasteiger partial charge in [0.25, 0.3) is 0 Å². The number of halogens is 1. The molecule has 0 aromatic carbocycles. The third-order valence-corrected chi connectivity index (χ3v) is 2.73. The van der Waals surface area contributed by atoms with Crippen molar-refractivity contribution in [2.45, 2.75) is 6.92 Å². The van der Waals surface area contributed by atoms with Crippen LogP contribution in [0.3, 0.4) is 0 Å². The van der Waals surface area contributed by atoms with Gasteiger partial charge in [0, 0.05) is 0 Å². The number of alkyl halides is 1. The van der Waals surface area contributed by atoms with Crippen LogP contribution in [0.5, 0.6) is 0 Å². The van der Waals surface area contributed by atoms with Crippen LogP contribution in [0.25, 0.3) is 0 Å². The summed E-state index contributed by atoms with van der Waals surface area (Å²) in [6, 6.07) is 0. The van der Waals surface area contributed by atoms with Crippen LogP contribution in [-0.4, -0.2) is 15.3 Å². The molecule has 1 heterocycles. The first-order chi connectivity index (χ1) is 3.84. The molecule has 0 saturated heterocycles. The molecular formula is C4H6IN2O-. The number of rotatable bonds is 1. The maximum absolute atomic E-state index is 4.80. The summed E-state index contributed by atoms with van der Waals surface area (Å²) in [6.07, 6.45) is 0. The molecule has 0 saturated carbocycles. The quantitative estimate of drug-likeness (QED) is 0.384. The molecule has 1 aromatic heterocycles. The molecule has 1 aromatic rings. The molecule has 0 spiro atoms. The minimum absolute atomic E-state index is 0.0336. The fourth-order valence-electron chi connectivity index (χ4n) is 0.394. The van der Waals surface area contributed by atoms with E-state index in [9.17, 15) is 0 Å². The van der Waals surface area contributed by atoms with Crippen LogP contribution in [0, 0.1) is 10.7 Å². The van der Waals surface area contributed by atoms with Crippen molar-refractivity contribution in [1.29, 1.82) is 0 Å². The van der Waals surface area contributed by atoms with Gasteiger partial charge in [-0.05, 0) is 0 Å². The van der Waals surface area contributed by atoms with Gasteiger partial charge in [0.15, 0.2) is 0 Å². The Morgan fingerprint density at radius 1 is 1.62 bits per heavy atom. The zero-order valence-corrected chi connectivity index (χ0v) is 6.84. The molecule has 4 heteroatoms. The summed E-state index contributed by atoms with van der Waals surface area (Å²) in [5.74, 6) is 0. The Hall–Kier alpha value is -0.130. The van der Waals surface area contributed by atoms with E-state index in [-0.39, 0.29) is 21.2 Å². The first-order valence-corrected chi connectivity index (χ1v) is 5.36. The van der Waals surface area contributed by atoms with Crippen LogP contribution in [0.2, 0.25) is 0 Å². The first-order valence-electron chi connectivity index (χ1n) is 2.13. The molecule has 0 amide bonds. The Bertz CT molecular complexity index is 174. The Morgan fingerprint density at radius 2 is 2.38 bits per heavy atom. The van der Waals surface area contributed by atoms with Gasteiger partial charge in [-0.15, -0.1) is 0 Å². The van der Waals surface area contributed by atoms with Gasteiger partial charge in [-0.1, -0.05) is 0 Å². The van der Waals surface area contributed by atoms with Crippen molar-refractivity contribution in [2.24, 2.45) is 0 Å². The number of aryl methyl sites for hydroxylation is 1. The number of nitrogens with zero attached hydrogens (tertiary/aromatic N) is 2. The molecule has 1 rings (SSSR count). The molecule has 0 atom stereocenters. The summed E-state index contributed by atoms with van der Waals surface area (Å²) in [7, 11) is 0. The van der Waals surface area contributed by atoms with Gasteiger partial charge in [-0.25, -0.2) is 0 Å². The van der Waals surface area contributed by atoms with Crippen molar-refractivity contribution in [3.05, 3.63) is 9.46 Å². The summed E-state index contributed by atoms with van der Waals surface area (Å²) in [5, 5.41) is 7.09. The number of aromatic nitrogens is 2. The van der Waals surface area contributed by atoms with Crippen LogP contribution in [0.4, 0.5) is 0 Å². The van der Waals surface area contributed by atoms with Gasteiger partial charge >= 0.3 is 57.4 Å². The topological polar surface area (TPSA) is 38.9 Å². The van der Waals surface area contributed by atoms with E-state index in [0.29, 0.717) is 0 Å². The van der Waals surface area contributed by atoms with Gasteiger partial charge in [-0.2, -0.15) is 0 Å². The second-order valence-electron chi connectivity index (χ2n) is 1.32. The average Bonchev–Trinajstić information content (AvgIpc) is 2.14. The molecule has 0 unspecified atom stereocenters. The molecule has 8 heavy (non-hydrogen) atoms. The Kier molecular flexibility index (Phi) is 1.82. The van der Waals surface area contributed by atoms with E-state index in [1.165, 1.54) is 0 Å². The van der Waals surface area contributed by atoms with Crippen LogP contribution < -0.4 is 21.2 Å². The van der Waals surface area contributed by atoms with E-state index >= 15 is 0 Å². The minimum atomic E-state index is 0.0336.